The molecule has 0 atom stereocenters. The molecule has 2 aromatic carbocycles. The minimum Gasteiger partial charge on any atom is -0.472 e. The first-order chi connectivity index (χ1) is 15.8. The number of furan rings is 1. The predicted molar refractivity (Wildman–Crippen MR) is 124 cm³/mol. The number of amides is 2. The Labute approximate surface area is 192 Å². The summed E-state index contributed by atoms with van der Waals surface area (Å²) in [6.45, 7) is 2.89. The van der Waals surface area contributed by atoms with Gasteiger partial charge in [-0.1, -0.05) is 17.7 Å². The second-order valence-electron chi connectivity index (χ2n) is 8.06. The normalized spacial score (nSPS) is 14.6. The van der Waals surface area contributed by atoms with E-state index in [2.05, 4.69) is 10.0 Å². The highest BCUT2D eigenvalue weighted by Crippen LogP contribution is 2.23. The number of rotatable bonds is 6. The third kappa shape index (κ3) is 5.43. The number of hydrogen-bond acceptors (Lipinski definition) is 5. The third-order valence-corrected chi connectivity index (χ3v) is 7.05. The minimum atomic E-state index is -3.69. The van der Waals surface area contributed by atoms with Crippen LogP contribution in [0.1, 0.15) is 28.8 Å². The van der Waals surface area contributed by atoms with Gasteiger partial charge in [-0.25, -0.2) is 8.42 Å². The summed E-state index contributed by atoms with van der Waals surface area (Å²) >= 11 is 0. The number of nitrogens with one attached hydrogen (secondary N) is 2. The van der Waals surface area contributed by atoms with E-state index >= 15 is 0 Å². The van der Waals surface area contributed by atoms with Gasteiger partial charge in [0.1, 0.15) is 6.26 Å². The van der Waals surface area contributed by atoms with Crippen LogP contribution >= 0.6 is 0 Å². The van der Waals surface area contributed by atoms with Gasteiger partial charge in [0.2, 0.25) is 5.91 Å². The Morgan fingerprint density at radius 1 is 0.939 bits per heavy atom. The molecule has 0 bridgehead atoms. The van der Waals surface area contributed by atoms with Gasteiger partial charge < -0.3 is 14.6 Å². The van der Waals surface area contributed by atoms with Crippen LogP contribution in [0.2, 0.25) is 0 Å². The molecule has 0 aliphatic carbocycles. The summed E-state index contributed by atoms with van der Waals surface area (Å²) < 4.78 is 32.5. The number of likely N-dealkylation sites (tertiary alicyclic amines) is 1. The van der Waals surface area contributed by atoms with E-state index in [1.807, 2.05) is 6.92 Å². The molecule has 4 rings (SSSR count). The van der Waals surface area contributed by atoms with Gasteiger partial charge in [-0.2, -0.15) is 0 Å². The van der Waals surface area contributed by atoms with Gasteiger partial charge in [-0.15, -0.1) is 0 Å². The summed E-state index contributed by atoms with van der Waals surface area (Å²) in [4.78, 5) is 26.9. The first-order valence-electron chi connectivity index (χ1n) is 10.6. The first kappa shape index (κ1) is 22.6. The van der Waals surface area contributed by atoms with Crippen molar-refractivity contribution in [1.82, 2.24) is 4.90 Å². The number of piperidine rings is 1. The highest BCUT2D eigenvalue weighted by Gasteiger charge is 2.28. The zero-order valence-electron chi connectivity index (χ0n) is 18.2. The second kappa shape index (κ2) is 9.50. The maximum atomic E-state index is 12.7. The van der Waals surface area contributed by atoms with Gasteiger partial charge in [-0.3, -0.25) is 14.3 Å². The quantitative estimate of drug-likeness (QED) is 0.572. The first-order valence-corrected chi connectivity index (χ1v) is 12.1. The molecule has 1 aliphatic heterocycles. The lowest BCUT2D eigenvalue weighted by atomic mass is 9.95. The standard InChI is InChI=1S/C24H25N3O5S/c1-17-2-8-22(9-3-17)33(30,31)26-21-6-4-20(5-7-21)25-23(28)18-10-13-27(14-11-18)24(29)19-12-15-32-16-19/h2-9,12,15-16,18,26H,10-11,13-14H2,1H3,(H,25,28). The SMILES string of the molecule is Cc1ccc(S(=O)(=O)Nc2ccc(NC(=O)C3CCN(C(=O)c4ccoc4)CC3)cc2)cc1. The zero-order chi connectivity index (χ0) is 23.4. The lowest BCUT2D eigenvalue weighted by molar-refractivity contribution is -0.121. The van der Waals surface area contributed by atoms with E-state index in [0.717, 1.165) is 5.56 Å². The summed E-state index contributed by atoms with van der Waals surface area (Å²) in [5.41, 5.74) is 2.47. The molecular weight excluding hydrogens is 442 g/mol. The Morgan fingerprint density at radius 3 is 2.18 bits per heavy atom. The van der Waals surface area contributed by atoms with E-state index in [-0.39, 0.29) is 22.6 Å². The molecule has 0 saturated carbocycles. The highest BCUT2D eigenvalue weighted by atomic mass is 32.2. The van der Waals surface area contributed by atoms with Gasteiger partial charge in [0.25, 0.3) is 15.9 Å². The average molecular weight is 468 g/mol. The van der Waals surface area contributed by atoms with Crippen LogP contribution in [0, 0.1) is 12.8 Å². The summed E-state index contributed by atoms with van der Waals surface area (Å²) in [5.74, 6) is -0.400. The van der Waals surface area contributed by atoms with Crippen molar-refractivity contribution < 1.29 is 22.4 Å². The van der Waals surface area contributed by atoms with Crippen LogP contribution in [0.4, 0.5) is 11.4 Å². The van der Waals surface area contributed by atoms with Crippen LogP contribution in [-0.4, -0.2) is 38.2 Å². The molecule has 2 amide bonds. The van der Waals surface area contributed by atoms with Crippen LogP contribution < -0.4 is 10.0 Å². The molecule has 0 spiro atoms. The summed E-state index contributed by atoms with van der Waals surface area (Å²) in [7, 11) is -3.69. The third-order valence-electron chi connectivity index (χ3n) is 5.66. The molecule has 33 heavy (non-hydrogen) atoms. The Kier molecular flexibility index (Phi) is 6.50. The summed E-state index contributed by atoms with van der Waals surface area (Å²) in [5, 5.41) is 2.88. The molecule has 1 saturated heterocycles. The van der Waals surface area contributed by atoms with Crippen LogP contribution in [0.15, 0.2) is 76.4 Å². The van der Waals surface area contributed by atoms with Crippen LogP contribution in [0.5, 0.6) is 0 Å². The molecule has 1 fully saturated rings. The van der Waals surface area contributed by atoms with Gasteiger partial charge in [0, 0.05) is 30.4 Å². The van der Waals surface area contributed by atoms with Crippen molar-refractivity contribution in [3.8, 4) is 0 Å². The van der Waals surface area contributed by atoms with Gasteiger partial charge in [0.05, 0.1) is 16.7 Å². The van der Waals surface area contributed by atoms with Crippen LogP contribution in [0.25, 0.3) is 0 Å². The topological polar surface area (TPSA) is 109 Å². The molecule has 8 nitrogen and oxygen atoms in total. The number of hydrogen-bond donors (Lipinski definition) is 2. The fraction of sp³-hybridized carbons (Fsp3) is 0.250. The van der Waals surface area contributed by atoms with Crippen LogP contribution in [-0.2, 0) is 14.8 Å². The van der Waals surface area contributed by atoms with Crippen molar-refractivity contribution in [2.24, 2.45) is 5.92 Å². The van der Waals surface area contributed by atoms with Crippen molar-refractivity contribution in [2.45, 2.75) is 24.7 Å². The molecule has 3 aromatic rings. The van der Waals surface area contributed by atoms with E-state index in [0.29, 0.717) is 42.9 Å². The summed E-state index contributed by atoms with van der Waals surface area (Å²) in [6, 6.07) is 14.7. The van der Waals surface area contributed by atoms with E-state index in [9.17, 15) is 18.0 Å². The Balaban J connectivity index is 1.30. The highest BCUT2D eigenvalue weighted by molar-refractivity contribution is 7.92. The van der Waals surface area contributed by atoms with Crippen molar-refractivity contribution >= 4 is 33.2 Å². The monoisotopic (exact) mass is 467 g/mol. The zero-order valence-corrected chi connectivity index (χ0v) is 19.0. The van der Waals surface area contributed by atoms with E-state index in [1.54, 1.807) is 59.5 Å². The maximum absolute atomic E-state index is 12.7. The maximum Gasteiger partial charge on any atom is 0.261 e. The van der Waals surface area contributed by atoms with Crippen molar-refractivity contribution in [2.75, 3.05) is 23.1 Å². The Hall–Kier alpha value is -3.59. The molecule has 1 aromatic heterocycles. The Bertz CT molecular complexity index is 1210. The number of benzene rings is 2. The molecule has 0 unspecified atom stereocenters. The molecule has 2 N–H and O–H groups in total. The number of aryl methyl sites for hydroxylation is 1. The van der Waals surface area contributed by atoms with Gasteiger partial charge in [-0.05, 0) is 62.2 Å². The fourth-order valence-electron chi connectivity index (χ4n) is 3.71. The van der Waals surface area contributed by atoms with Gasteiger partial charge in [0.15, 0.2) is 0 Å². The van der Waals surface area contributed by atoms with E-state index in [1.165, 1.54) is 12.5 Å². The second-order valence-corrected chi connectivity index (χ2v) is 9.75. The number of sulfonamides is 1. The number of carbonyl (C=O) groups is 2. The number of anilines is 2. The lowest BCUT2D eigenvalue weighted by Crippen LogP contribution is -2.41. The number of nitrogens with zero attached hydrogens (tertiary/aromatic N) is 1. The lowest BCUT2D eigenvalue weighted by Gasteiger charge is -2.31. The van der Waals surface area contributed by atoms with Crippen molar-refractivity contribution in [1.29, 1.82) is 0 Å². The molecule has 9 heteroatoms. The molecule has 0 radical (unpaired) electrons. The fourth-order valence-corrected chi connectivity index (χ4v) is 4.77. The number of carbonyl (C=O) groups excluding carboxylic acids is 2. The summed E-state index contributed by atoms with van der Waals surface area (Å²) in [6.07, 6.45) is 4.03. The minimum absolute atomic E-state index is 0.0914. The Morgan fingerprint density at radius 2 is 1.58 bits per heavy atom. The van der Waals surface area contributed by atoms with Crippen molar-refractivity contribution in [3.05, 3.63) is 78.3 Å². The smallest absolute Gasteiger partial charge is 0.261 e. The average Bonchev–Trinajstić information content (AvgIpc) is 3.35. The van der Waals surface area contributed by atoms with E-state index in [4.69, 9.17) is 4.42 Å². The van der Waals surface area contributed by atoms with Crippen molar-refractivity contribution in [3.63, 3.8) is 0 Å². The molecular formula is C24H25N3O5S. The largest absolute Gasteiger partial charge is 0.472 e. The molecule has 172 valence electrons. The van der Waals surface area contributed by atoms with Gasteiger partial charge >= 0.3 is 0 Å². The molecule has 1 aliphatic rings. The van der Waals surface area contributed by atoms with Crippen LogP contribution in [0.3, 0.4) is 0 Å². The predicted octanol–water partition coefficient (Wildman–Crippen LogP) is 3.88. The molecule has 2 heterocycles. The van der Waals surface area contributed by atoms with E-state index < -0.39 is 10.0 Å².